The predicted octanol–water partition coefficient (Wildman–Crippen LogP) is 2.18. The molecule has 2 N–H and O–H groups in total. The Morgan fingerprint density at radius 3 is 2.75 bits per heavy atom. The first-order valence-electron chi connectivity index (χ1n) is 6.08. The molecule has 0 aromatic heterocycles. The Labute approximate surface area is 129 Å². The predicted molar refractivity (Wildman–Crippen MR) is 79.4 cm³/mol. The third kappa shape index (κ3) is 4.05. The van der Waals surface area contributed by atoms with Gasteiger partial charge in [-0.1, -0.05) is 18.5 Å². The second-order valence-corrected chi connectivity index (χ2v) is 6.86. The summed E-state index contributed by atoms with van der Waals surface area (Å²) in [6.45, 7) is 3.52. The zero-order valence-electron chi connectivity index (χ0n) is 10.9. The number of hydrogen-bond donors (Lipinski definition) is 2. The Balaban J connectivity index is 0.00000200. The van der Waals surface area contributed by atoms with Crippen LogP contribution in [0.5, 0.6) is 0 Å². The Bertz CT molecular complexity index is 569. The van der Waals surface area contributed by atoms with Crippen molar-refractivity contribution in [1.29, 1.82) is 0 Å². The molecule has 0 spiro atoms. The van der Waals surface area contributed by atoms with Gasteiger partial charge in [-0.3, -0.25) is 0 Å². The molecule has 2 rings (SSSR count). The Morgan fingerprint density at radius 1 is 1.45 bits per heavy atom. The summed E-state index contributed by atoms with van der Waals surface area (Å²) in [5, 5.41) is 3.10. The van der Waals surface area contributed by atoms with Crippen LogP contribution in [-0.2, 0) is 10.0 Å². The van der Waals surface area contributed by atoms with Crippen molar-refractivity contribution in [2.45, 2.75) is 24.3 Å². The summed E-state index contributed by atoms with van der Waals surface area (Å²) >= 11 is 5.80. The fraction of sp³-hybridized carbons (Fsp3) is 0.500. The normalized spacial score (nSPS) is 23.1. The maximum atomic E-state index is 12.9. The van der Waals surface area contributed by atoms with Gasteiger partial charge in [-0.2, -0.15) is 0 Å². The third-order valence-electron chi connectivity index (χ3n) is 3.28. The van der Waals surface area contributed by atoms with Crippen LogP contribution >= 0.6 is 24.0 Å². The average molecular weight is 343 g/mol. The summed E-state index contributed by atoms with van der Waals surface area (Å²) in [6.07, 6.45) is 0.721. The molecule has 1 aliphatic rings. The number of hydrogen-bond acceptors (Lipinski definition) is 3. The van der Waals surface area contributed by atoms with Gasteiger partial charge >= 0.3 is 0 Å². The van der Waals surface area contributed by atoms with E-state index in [0.29, 0.717) is 0 Å². The lowest BCUT2D eigenvalue weighted by Crippen LogP contribution is -2.48. The first-order valence-corrected chi connectivity index (χ1v) is 7.94. The number of piperidine rings is 1. The van der Waals surface area contributed by atoms with Crippen LogP contribution in [0.2, 0.25) is 5.02 Å². The average Bonchev–Trinajstić information content (AvgIpc) is 2.31. The molecule has 1 aliphatic heterocycles. The molecule has 0 bridgehead atoms. The van der Waals surface area contributed by atoms with Gasteiger partial charge in [0.2, 0.25) is 10.0 Å². The third-order valence-corrected chi connectivity index (χ3v) is 5.25. The van der Waals surface area contributed by atoms with Crippen molar-refractivity contribution >= 4 is 34.0 Å². The number of rotatable bonds is 3. The van der Waals surface area contributed by atoms with Gasteiger partial charge in [0, 0.05) is 6.04 Å². The van der Waals surface area contributed by atoms with E-state index >= 15 is 0 Å². The van der Waals surface area contributed by atoms with Crippen molar-refractivity contribution in [1.82, 2.24) is 10.0 Å². The van der Waals surface area contributed by atoms with E-state index in [4.69, 9.17) is 11.6 Å². The van der Waals surface area contributed by atoms with Crippen LogP contribution < -0.4 is 10.0 Å². The SMILES string of the molecule is CC1CNCCC1NS(=O)(=O)c1ccc(F)cc1Cl.Cl. The van der Waals surface area contributed by atoms with Gasteiger partial charge < -0.3 is 5.32 Å². The van der Waals surface area contributed by atoms with Crippen molar-refractivity contribution in [3.63, 3.8) is 0 Å². The van der Waals surface area contributed by atoms with Gasteiger partial charge in [0.1, 0.15) is 10.7 Å². The molecule has 1 heterocycles. The summed E-state index contributed by atoms with van der Waals surface area (Å²) in [4.78, 5) is -0.0821. The van der Waals surface area contributed by atoms with Crippen LogP contribution in [0.25, 0.3) is 0 Å². The summed E-state index contributed by atoms with van der Waals surface area (Å²) in [5.74, 6) is -0.359. The minimum atomic E-state index is -3.72. The molecular weight excluding hydrogens is 326 g/mol. The fourth-order valence-electron chi connectivity index (χ4n) is 2.15. The minimum Gasteiger partial charge on any atom is -0.316 e. The lowest BCUT2D eigenvalue weighted by molar-refractivity contribution is 0.328. The Hall–Kier alpha value is -0.400. The number of nitrogens with one attached hydrogen (secondary N) is 2. The van der Waals surface area contributed by atoms with Gasteiger partial charge in [-0.05, 0) is 43.6 Å². The van der Waals surface area contributed by atoms with Crippen molar-refractivity contribution in [3.05, 3.63) is 29.0 Å². The topological polar surface area (TPSA) is 58.2 Å². The zero-order chi connectivity index (χ0) is 14.0. The highest BCUT2D eigenvalue weighted by molar-refractivity contribution is 7.89. The quantitative estimate of drug-likeness (QED) is 0.885. The second-order valence-electron chi connectivity index (χ2n) is 4.77. The minimum absolute atomic E-state index is 0. The molecule has 1 aromatic rings. The lowest BCUT2D eigenvalue weighted by atomic mass is 9.97. The molecule has 0 saturated carbocycles. The standard InChI is InChI=1S/C12H16ClFN2O2S.ClH/c1-8-7-15-5-4-11(8)16-19(17,18)12-3-2-9(14)6-10(12)13;/h2-3,6,8,11,15-16H,4-5,7H2,1H3;1H. The molecule has 1 fully saturated rings. The number of sulfonamides is 1. The highest BCUT2D eigenvalue weighted by Crippen LogP contribution is 2.23. The van der Waals surface area contributed by atoms with E-state index in [9.17, 15) is 12.8 Å². The molecule has 0 amide bonds. The smallest absolute Gasteiger partial charge is 0.242 e. The van der Waals surface area contributed by atoms with Crippen LogP contribution in [0.1, 0.15) is 13.3 Å². The van der Waals surface area contributed by atoms with Crippen LogP contribution in [0.4, 0.5) is 4.39 Å². The monoisotopic (exact) mass is 342 g/mol. The highest BCUT2D eigenvalue weighted by atomic mass is 35.5. The van der Waals surface area contributed by atoms with Crippen LogP contribution in [0.15, 0.2) is 23.1 Å². The van der Waals surface area contributed by atoms with Crippen molar-refractivity contribution < 1.29 is 12.8 Å². The molecule has 114 valence electrons. The molecule has 8 heteroatoms. The van der Waals surface area contributed by atoms with Crippen molar-refractivity contribution in [3.8, 4) is 0 Å². The van der Waals surface area contributed by atoms with Crippen molar-refractivity contribution in [2.75, 3.05) is 13.1 Å². The molecular formula is C12H17Cl2FN2O2S. The van der Waals surface area contributed by atoms with Gasteiger partial charge in [0.25, 0.3) is 0 Å². The van der Waals surface area contributed by atoms with E-state index in [0.717, 1.165) is 31.6 Å². The Kier molecular flexibility index (Phi) is 6.22. The van der Waals surface area contributed by atoms with Crippen LogP contribution in [-0.4, -0.2) is 27.5 Å². The molecule has 0 aliphatic carbocycles. The van der Waals surface area contributed by atoms with Gasteiger partial charge in [-0.25, -0.2) is 17.5 Å². The largest absolute Gasteiger partial charge is 0.316 e. The van der Waals surface area contributed by atoms with E-state index in [-0.39, 0.29) is 34.3 Å². The van der Waals surface area contributed by atoms with E-state index in [1.165, 1.54) is 6.07 Å². The molecule has 4 nitrogen and oxygen atoms in total. The summed E-state index contributed by atoms with van der Waals surface area (Å²) < 4.78 is 40.1. The summed E-state index contributed by atoms with van der Waals surface area (Å²) in [5.41, 5.74) is 0. The number of halogens is 3. The van der Waals surface area contributed by atoms with E-state index in [2.05, 4.69) is 10.0 Å². The van der Waals surface area contributed by atoms with Crippen LogP contribution in [0.3, 0.4) is 0 Å². The van der Waals surface area contributed by atoms with Gasteiger partial charge in [0.05, 0.1) is 5.02 Å². The Morgan fingerprint density at radius 2 is 2.15 bits per heavy atom. The molecule has 2 unspecified atom stereocenters. The fourth-order valence-corrected chi connectivity index (χ4v) is 4.06. The van der Waals surface area contributed by atoms with Crippen molar-refractivity contribution in [2.24, 2.45) is 5.92 Å². The molecule has 1 aromatic carbocycles. The highest BCUT2D eigenvalue weighted by Gasteiger charge is 2.27. The molecule has 0 radical (unpaired) electrons. The number of benzene rings is 1. The molecule has 1 saturated heterocycles. The summed E-state index contributed by atoms with van der Waals surface area (Å²) in [6, 6.07) is 3.15. The van der Waals surface area contributed by atoms with Gasteiger partial charge in [-0.15, -0.1) is 12.4 Å². The summed E-state index contributed by atoms with van der Waals surface area (Å²) in [7, 11) is -3.72. The van der Waals surface area contributed by atoms with E-state index < -0.39 is 15.8 Å². The maximum Gasteiger partial charge on any atom is 0.242 e. The lowest BCUT2D eigenvalue weighted by Gasteiger charge is -2.30. The van der Waals surface area contributed by atoms with E-state index in [1.807, 2.05) is 6.92 Å². The second kappa shape index (κ2) is 7.04. The maximum absolute atomic E-state index is 12.9. The molecule has 2 atom stereocenters. The van der Waals surface area contributed by atoms with Gasteiger partial charge in [0.15, 0.2) is 0 Å². The van der Waals surface area contributed by atoms with E-state index in [1.54, 1.807) is 0 Å². The molecule has 20 heavy (non-hydrogen) atoms. The first-order chi connectivity index (χ1) is 8.90. The first kappa shape index (κ1) is 17.7. The van der Waals surface area contributed by atoms with Crippen LogP contribution in [0, 0.1) is 11.7 Å². The zero-order valence-corrected chi connectivity index (χ0v) is 13.3.